The maximum Gasteiger partial charge on any atom is 0.331 e. The molecule has 0 radical (unpaired) electrons. The molecule has 2 aromatic carbocycles. The highest BCUT2D eigenvalue weighted by molar-refractivity contribution is 7.86. The number of carbonyl (C=O) groups is 2. The SMILES string of the molecule is O=C(N/N=C/c1ccc(-c2ccc(S(=O)(=O)O)cc2)o1)C(=O)N/N=C/c1ccc(-c2ccc(S(=O)(=O)O)cc2)o1. The average Bonchev–Trinajstić information content (AvgIpc) is 3.58. The van der Waals surface area contributed by atoms with E-state index >= 15 is 0 Å². The van der Waals surface area contributed by atoms with Gasteiger partial charge in [-0.25, -0.2) is 10.9 Å². The van der Waals surface area contributed by atoms with Gasteiger partial charge in [-0.3, -0.25) is 18.7 Å². The highest BCUT2D eigenvalue weighted by Crippen LogP contribution is 2.24. The van der Waals surface area contributed by atoms with E-state index in [9.17, 15) is 26.4 Å². The third-order valence-electron chi connectivity index (χ3n) is 5.05. The van der Waals surface area contributed by atoms with Gasteiger partial charge in [0.2, 0.25) is 0 Å². The van der Waals surface area contributed by atoms with Crippen molar-refractivity contribution in [3.63, 3.8) is 0 Å². The maximum absolute atomic E-state index is 11.9. The maximum atomic E-state index is 11.9. The molecule has 0 aliphatic heterocycles. The van der Waals surface area contributed by atoms with E-state index in [4.69, 9.17) is 17.9 Å². The molecule has 0 bridgehead atoms. The van der Waals surface area contributed by atoms with E-state index in [0.717, 1.165) is 12.4 Å². The number of hydrogen-bond donors (Lipinski definition) is 4. The van der Waals surface area contributed by atoms with Gasteiger partial charge in [0.25, 0.3) is 20.2 Å². The molecule has 2 amide bonds. The molecule has 0 aliphatic rings. The summed E-state index contributed by atoms with van der Waals surface area (Å²) < 4.78 is 73.6. The summed E-state index contributed by atoms with van der Waals surface area (Å²) in [6, 6.07) is 16.8. The van der Waals surface area contributed by atoms with Crippen LogP contribution in [0.4, 0.5) is 0 Å². The van der Waals surface area contributed by atoms with Crippen LogP contribution in [0, 0.1) is 0 Å². The predicted octanol–water partition coefficient (Wildman–Crippen LogP) is 2.30. The van der Waals surface area contributed by atoms with Crippen molar-refractivity contribution < 1.29 is 44.4 Å². The van der Waals surface area contributed by atoms with E-state index in [1.807, 2.05) is 10.9 Å². The lowest BCUT2D eigenvalue weighted by molar-refractivity contribution is -0.139. The molecule has 0 saturated heterocycles. The van der Waals surface area contributed by atoms with E-state index < -0.39 is 32.1 Å². The summed E-state index contributed by atoms with van der Waals surface area (Å²) in [5, 5.41) is 7.25. The van der Waals surface area contributed by atoms with Crippen molar-refractivity contribution in [3.05, 3.63) is 84.3 Å². The Labute approximate surface area is 226 Å². The molecule has 4 rings (SSSR count). The Morgan fingerprint density at radius 1 is 0.600 bits per heavy atom. The van der Waals surface area contributed by atoms with Gasteiger partial charge in [-0.15, -0.1) is 0 Å². The number of hydrazone groups is 2. The molecule has 206 valence electrons. The molecule has 0 atom stereocenters. The van der Waals surface area contributed by atoms with E-state index in [1.165, 1.54) is 60.7 Å². The monoisotopic (exact) mass is 586 g/mol. The molecule has 2 aromatic heterocycles. The molecule has 0 spiro atoms. The lowest BCUT2D eigenvalue weighted by atomic mass is 10.2. The Kier molecular flexibility index (Phi) is 8.05. The second kappa shape index (κ2) is 11.5. The third kappa shape index (κ3) is 7.14. The number of carbonyl (C=O) groups excluding carboxylic acids is 2. The van der Waals surface area contributed by atoms with Crippen LogP contribution in [0.3, 0.4) is 0 Å². The van der Waals surface area contributed by atoms with Crippen LogP contribution in [-0.2, 0) is 29.8 Å². The van der Waals surface area contributed by atoms with Gasteiger partial charge in [0.15, 0.2) is 0 Å². The number of hydrogen-bond acceptors (Lipinski definition) is 10. The quantitative estimate of drug-likeness (QED) is 0.102. The number of rotatable bonds is 8. The molecular weight excluding hydrogens is 568 g/mol. The summed E-state index contributed by atoms with van der Waals surface area (Å²) in [6.45, 7) is 0. The molecule has 0 saturated carbocycles. The summed E-state index contributed by atoms with van der Waals surface area (Å²) in [4.78, 5) is 23.3. The minimum Gasteiger partial charge on any atom is -0.455 e. The fourth-order valence-electron chi connectivity index (χ4n) is 3.15. The van der Waals surface area contributed by atoms with Crippen LogP contribution < -0.4 is 10.9 Å². The Bertz CT molecular complexity index is 1680. The molecule has 14 nitrogen and oxygen atoms in total. The second-order valence-corrected chi connectivity index (χ2v) is 10.6. The first kappa shape index (κ1) is 28.1. The van der Waals surface area contributed by atoms with Crippen molar-refractivity contribution in [1.29, 1.82) is 0 Å². The van der Waals surface area contributed by atoms with Crippen LogP contribution in [-0.4, -0.2) is 50.2 Å². The van der Waals surface area contributed by atoms with Crippen LogP contribution in [0.2, 0.25) is 0 Å². The zero-order valence-electron chi connectivity index (χ0n) is 20.0. The largest absolute Gasteiger partial charge is 0.455 e. The molecular formula is C24H18N4O10S2. The summed E-state index contributed by atoms with van der Waals surface area (Å²) in [6.07, 6.45) is 2.27. The van der Waals surface area contributed by atoms with Crippen molar-refractivity contribution in [3.8, 4) is 22.6 Å². The molecule has 4 aromatic rings. The van der Waals surface area contributed by atoms with E-state index in [-0.39, 0.29) is 21.3 Å². The Balaban J connectivity index is 1.27. The smallest absolute Gasteiger partial charge is 0.331 e. The van der Waals surface area contributed by atoms with E-state index in [1.54, 1.807) is 12.1 Å². The highest BCUT2D eigenvalue weighted by atomic mass is 32.2. The van der Waals surface area contributed by atoms with Gasteiger partial charge >= 0.3 is 11.8 Å². The molecule has 16 heteroatoms. The van der Waals surface area contributed by atoms with E-state index in [2.05, 4.69) is 10.2 Å². The summed E-state index contributed by atoms with van der Waals surface area (Å²) in [5.41, 5.74) is 5.04. The molecule has 4 N–H and O–H groups in total. The first-order valence-electron chi connectivity index (χ1n) is 10.9. The topological polar surface area (TPSA) is 218 Å². The first-order valence-corrected chi connectivity index (χ1v) is 13.8. The van der Waals surface area contributed by atoms with Gasteiger partial charge < -0.3 is 8.83 Å². The number of nitrogens with zero attached hydrogens (tertiary/aromatic N) is 2. The minimum atomic E-state index is -4.32. The van der Waals surface area contributed by atoms with Crippen LogP contribution >= 0.6 is 0 Å². The van der Waals surface area contributed by atoms with Gasteiger partial charge in [0.05, 0.1) is 22.2 Å². The van der Waals surface area contributed by atoms with Gasteiger partial charge in [0, 0.05) is 11.1 Å². The zero-order valence-corrected chi connectivity index (χ0v) is 21.6. The van der Waals surface area contributed by atoms with Crippen LogP contribution in [0.25, 0.3) is 22.6 Å². The van der Waals surface area contributed by atoms with Crippen LogP contribution in [0.15, 0.2) is 102 Å². The predicted molar refractivity (Wildman–Crippen MR) is 139 cm³/mol. The molecule has 0 unspecified atom stereocenters. The molecule has 2 heterocycles. The van der Waals surface area contributed by atoms with Crippen molar-refractivity contribution >= 4 is 44.5 Å². The van der Waals surface area contributed by atoms with Crippen molar-refractivity contribution in [2.45, 2.75) is 9.79 Å². The number of benzene rings is 2. The van der Waals surface area contributed by atoms with Crippen molar-refractivity contribution in [1.82, 2.24) is 10.9 Å². The number of furan rings is 2. The van der Waals surface area contributed by atoms with Gasteiger partial charge in [-0.2, -0.15) is 27.0 Å². The lowest BCUT2D eigenvalue weighted by Gasteiger charge is -1.99. The summed E-state index contributed by atoms with van der Waals surface area (Å²) >= 11 is 0. The molecule has 40 heavy (non-hydrogen) atoms. The summed E-state index contributed by atoms with van der Waals surface area (Å²) in [5.74, 6) is -1.10. The van der Waals surface area contributed by atoms with Crippen molar-refractivity contribution in [2.75, 3.05) is 0 Å². The molecule has 0 aliphatic carbocycles. The molecule has 0 fully saturated rings. The fourth-order valence-corrected chi connectivity index (χ4v) is 4.11. The van der Waals surface area contributed by atoms with Crippen LogP contribution in [0.1, 0.15) is 11.5 Å². The number of nitrogens with one attached hydrogen (secondary N) is 2. The Morgan fingerprint density at radius 2 is 0.950 bits per heavy atom. The first-order chi connectivity index (χ1) is 18.9. The average molecular weight is 587 g/mol. The standard InChI is InChI=1S/C24H18N4O10S2/c29-23(27-25-13-17-5-11-21(37-17)15-1-7-19(8-2-15)39(31,32)33)24(30)28-26-14-18-6-12-22(38-18)16-3-9-20(10-4-16)40(34,35)36/h1-14H,(H,27,29)(H,28,30)(H,31,32,33)(H,34,35,36)/b25-13+,26-14+. The van der Waals surface area contributed by atoms with Crippen molar-refractivity contribution in [2.24, 2.45) is 10.2 Å². The Hall–Kier alpha value is -4.90. The van der Waals surface area contributed by atoms with E-state index in [0.29, 0.717) is 22.6 Å². The summed E-state index contributed by atoms with van der Waals surface area (Å²) in [7, 11) is -8.64. The van der Waals surface area contributed by atoms with Crippen LogP contribution in [0.5, 0.6) is 0 Å². The fraction of sp³-hybridized carbons (Fsp3) is 0. The van der Waals surface area contributed by atoms with Gasteiger partial charge in [-0.05, 0) is 72.8 Å². The number of amides is 2. The second-order valence-electron chi connectivity index (χ2n) is 7.80. The minimum absolute atomic E-state index is 0.217. The third-order valence-corrected chi connectivity index (χ3v) is 6.78. The highest BCUT2D eigenvalue weighted by Gasteiger charge is 2.13. The van der Waals surface area contributed by atoms with Gasteiger partial charge in [0.1, 0.15) is 23.0 Å². The zero-order chi connectivity index (χ0) is 28.9. The normalized spacial score (nSPS) is 12.2. The lowest BCUT2D eigenvalue weighted by Crippen LogP contribution is -2.35. The van der Waals surface area contributed by atoms with Gasteiger partial charge in [-0.1, -0.05) is 0 Å². The Morgan fingerprint density at radius 3 is 1.27 bits per heavy atom.